The van der Waals surface area contributed by atoms with Crippen LogP contribution in [0.25, 0.3) is 0 Å². The number of aromatic nitrogens is 2. The summed E-state index contributed by atoms with van der Waals surface area (Å²) < 4.78 is 32.5. The molecule has 3 N–H and O–H groups in total. The molecule has 9 nitrogen and oxygen atoms in total. The molecule has 2 aromatic carbocycles. The normalized spacial score (nSPS) is 10.8. The Morgan fingerprint density at radius 1 is 1.10 bits per heavy atom. The Kier molecular flexibility index (Phi) is 7.00. The molecule has 12 heteroatoms. The van der Waals surface area contributed by atoms with E-state index in [2.05, 4.69) is 25.3 Å². The van der Waals surface area contributed by atoms with Gasteiger partial charge in [0.1, 0.15) is 0 Å². The SMILES string of the molecule is COc1nccnc1NS(=O)(=O)c1ccc(NC(=S)NC(=O)c2cccc(Cl)c2)cc1. The van der Waals surface area contributed by atoms with Crippen LogP contribution in [0.4, 0.5) is 11.5 Å². The van der Waals surface area contributed by atoms with Crippen molar-refractivity contribution in [3.05, 3.63) is 71.5 Å². The fourth-order valence-electron chi connectivity index (χ4n) is 2.42. The van der Waals surface area contributed by atoms with Gasteiger partial charge < -0.3 is 10.1 Å². The largest absolute Gasteiger partial charge is 0.478 e. The summed E-state index contributed by atoms with van der Waals surface area (Å²) in [5.41, 5.74) is 0.830. The maximum atomic E-state index is 12.6. The zero-order valence-electron chi connectivity index (χ0n) is 16.0. The number of ether oxygens (including phenoxy) is 1. The van der Waals surface area contributed by atoms with Crippen molar-refractivity contribution in [1.82, 2.24) is 15.3 Å². The van der Waals surface area contributed by atoms with Gasteiger partial charge in [-0.3, -0.25) is 14.8 Å². The van der Waals surface area contributed by atoms with Crippen molar-refractivity contribution in [2.24, 2.45) is 0 Å². The van der Waals surface area contributed by atoms with Crippen LogP contribution in [-0.4, -0.2) is 36.5 Å². The number of carbonyl (C=O) groups excluding carboxylic acids is 1. The highest BCUT2D eigenvalue weighted by molar-refractivity contribution is 7.92. The van der Waals surface area contributed by atoms with Gasteiger partial charge in [-0.05, 0) is 54.7 Å². The number of carbonyl (C=O) groups is 1. The number of thiocarbonyl (C=S) groups is 1. The zero-order chi connectivity index (χ0) is 22.4. The summed E-state index contributed by atoms with van der Waals surface area (Å²) in [6.07, 6.45) is 2.72. The summed E-state index contributed by atoms with van der Waals surface area (Å²) in [7, 11) is -2.57. The first-order chi connectivity index (χ1) is 14.8. The minimum atomic E-state index is -3.93. The van der Waals surface area contributed by atoms with Crippen molar-refractivity contribution in [2.45, 2.75) is 4.90 Å². The minimum Gasteiger partial charge on any atom is -0.478 e. The van der Waals surface area contributed by atoms with Gasteiger partial charge in [-0.2, -0.15) is 0 Å². The Balaban J connectivity index is 1.65. The third kappa shape index (κ3) is 5.87. The van der Waals surface area contributed by atoms with Gasteiger partial charge in [-0.25, -0.2) is 18.4 Å². The fraction of sp³-hybridized carbons (Fsp3) is 0.0526. The predicted molar refractivity (Wildman–Crippen MR) is 121 cm³/mol. The maximum absolute atomic E-state index is 12.6. The van der Waals surface area contributed by atoms with E-state index in [0.29, 0.717) is 16.3 Å². The molecule has 0 fully saturated rings. The van der Waals surface area contributed by atoms with E-state index in [1.807, 2.05) is 0 Å². The van der Waals surface area contributed by atoms with Gasteiger partial charge in [-0.1, -0.05) is 17.7 Å². The molecule has 0 saturated heterocycles. The number of hydrogen-bond acceptors (Lipinski definition) is 7. The molecule has 1 amide bonds. The van der Waals surface area contributed by atoms with Crippen LogP contribution in [-0.2, 0) is 10.0 Å². The van der Waals surface area contributed by atoms with Crippen LogP contribution in [0.2, 0.25) is 5.02 Å². The number of nitrogens with one attached hydrogen (secondary N) is 3. The molecule has 1 aromatic heterocycles. The molecule has 0 aliphatic heterocycles. The molecule has 31 heavy (non-hydrogen) atoms. The lowest BCUT2D eigenvalue weighted by Crippen LogP contribution is -2.34. The lowest BCUT2D eigenvalue weighted by molar-refractivity contribution is 0.0977. The Bertz CT molecular complexity index is 1220. The summed E-state index contributed by atoms with van der Waals surface area (Å²) in [5.74, 6) is -0.413. The number of sulfonamides is 1. The number of amides is 1. The number of hydrogen-bond donors (Lipinski definition) is 3. The number of halogens is 1. The van der Waals surface area contributed by atoms with Gasteiger partial charge in [0.25, 0.3) is 21.8 Å². The molecule has 0 saturated carbocycles. The van der Waals surface area contributed by atoms with Crippen molar-refractivity contribution >= 4 is 56.4 Å². The minimum absolute atomic E-state index is 0.0142. The standard InChI is InChI=1S/C19H16ClN5O4S2/c1-29-18-16(21-9-10-22-18)25-31(27,28)15-7-5-14(6-8-15)23-19(30)24-17(26)12-3-2-4-13(20)11-12/h2-11H,1H3,(H,21,25)(H2,23,24,26,30). The highest BCUT2D eigenvalue weighted by Crippen LogP contribution is 2.22. The fourth-order valence-corrected chi connectivity index (χ4v) is 3.82. The molecule has 0 bridgehead atoms. The van der Waals surface area contributed by atoms with Crippen LogP contribution in [0.15, 0.2) is 65.8 Å². The van der Waals surface area contributed by atoms with Gasteiger partial charge in [0.15, 0.2) is 5.11 Å². The first kappa shape index (κ1) is 22.4. The summed E-state index contributed by atoms with van der Waals surface area (Å²) in [6.45, 7) is 0. The summed E-state index contributed by atoms with van der Waals surface area (Å²) >= 11 is 11.0. The van der Waals surface area contributed by atoms with Crippen molar-refractivity contribution < 1.29 is 17.9 Å². The monoisotopic (exact) mass is 477 g/mol. The van der Waals surface area contributed by atoms with Crippen LogP contribution in [0.5, 0.6) is 5.88 Å². The molecule has 3 aromatic rings. The van der Waals surface area contributed by atoms with E-state index in [4.69, 9.17) is 28.6 Å². The van der Waals surface area contributed by atoms with E-state index in [1.165, 1.54) is 49.8 Å². The van der Waals surface area contributed by atoms with E-state index in [-0.39, 0.29) is 21.7 Å². The summed E-state index contributed by atoms with van der Waals surface area (Å²) in [4.78, 5) is 20.0. The second-order valence-electron chi connectivity index (χ2n) is 5.96. The van der Waals surface area contributed by atoms with Gasteiger partial charge in [-0.15, -0.1) is 0 Å². The van der Waals surface area contributed by atoms with Gasteiger partial charge in [0.05, 0.1) is 12.0 Å². The molecule has 0 radical (unpaired) electrons. The second-order valence-corrected chi connectivity index (χ2v) is 8.49. The molecule has 160 valence electrons. The van der Waals surface area contributed by atoms with Crippen LogP contribution < -0.4 is 20.1 Å². The van der Waals surface area contributed by atoms with E-state index in [9.17, 15) is 13.2 Å². The quantitative estimate of drug-likeness (QED) is 0.463. The predicted octanol–water partition coefficient (Wildman–Crippen LogP) is 3.07. The molecule has 0 unspecified atom stereocenters. The van der Waals surface area contributed by atoms with E-state index in [1.54, 1.807) is 18.2 Å². The van der Waals surface area contributed by atoms with Gasteiger partial charge in [0.2, 0.25) is 5.82 Å². The molecule has 0 spiro atoms. The second kappa shape index (κ2) is 9.69. The van der Waals surface area contributed by atoms with Crippen molar-refractivity contribution in [3.63, 3.8) is 0 Å². The van der Waals surface area contributed by atoms with Crippen LogP contribution in [0, 0.1) is 0 Å². The average molecular weight is 478 g/mol. The van der Waals surface area contributed by atoms with Crippen molar-refractivity contribution in [1.29, 1.82) is 0 Å². The molecule has 0 aliphatic carbocycles. The number of nitrogens with zero attached hydrogens (tertiary/aromatic N) is 2. The first-order valence-corrected chi connectivity index (χ1v) is 10.9. The Morgan fingerprint density at radius 2 is 1.81 bits per heavy atom. The number of rotatable bonds is 6. The average Bonchev–Trinajstić information content (AvgIpc) is 2.74. The maximum Gasteiger partial charge on any atom is 0.263 e. The topological polar surface area (TPSA) is 122 Å². The molecule has 3 rings (SSSR count). The number of anilines is 2. The Hall–Kier alpha value is -3.28. The Morgan fingerprint density at radius 3 is 2.48 bits per heavy atom. The highest BCUT2D eigenvalue weighted by atomic mass is 35.5. The molecule has 0 aliphatic rings. The van der Waals surface area contributed by atoms with Crippen molar-refractivity contribution in [3.8, 4) is 5.88 Å². The molecule has 0 atom stereocenters. The third-order valence-corrected chi connectivity index (χ3v) is 5.62. The highest BCUT2D eigenvalue weighted by Gasteiger charge is 2.18. The van der Waals surface area contributed by atoms with Crippen LogP contribution in [0.3, 0.4) is 0 Å². The number of benzene rings is 2. The van der Waals surface area contributed by atoms with Gasteiger partial charge >= 0.3 is 0 Å². The molecule has 1 heterocycles. The molecular formula is C19H16ClN5O4S2. The smallest absolute Gasteiger partial charge is 0.263 e. The Labute approximate surface area is 188 Å². The van der Waals surface area contributed by atoms with Crippen LogP contribution in [0.1, 0.15) is 10.4 Å². The van der Waals surface area contributed by atoms with Crippen LogP contribution >= 0.6 is 23.8 Å². The van der Waals surface area contributed by atoms with E-state index >= 15 is 0 Å². The zero-order valence-corrected chi connectivity index (χ0v) is 18.4. The lowest BCUT2D eigenvalue weighted by Gasteiger charge is -2.12. The number of methoxy groups -OCH3 is 1. The van der Waals surface area contributed by atoms with E-state index < -0.39 is 15.9 Å². The van der Waals surface area contributed by atoms with Crippen molar-refractivity contribution in [2.75, 3.05) is 17.1 Å². The first-order valence-electron chi connectivity index (χ1n) is 8.64. The summed E-state index contributed by atoms with van der Waals surface area (Å²) in [5, 5.41) is 5.81. The molecular weight excluding hydrogens is 462 g/mol. The lowest BCUT2D eigenvalue weighted by atomic mass is 10.2. The van der Waals surface area contributed by atoms with Gasteiger partial charge in [0, 0.05) is 28.7 Å². The van der Waals surface area contributed by atoms with E-state index in [0.717, 1.165) is 0 Å². The third-order valence-electron chi connectivity index (χ3n) is 3.83. The summed E-state index contributed by atoms with van der Waals surface area (Å²) in [6, 6.07) is 12.2.